The maximum Gasteiger partial charge on any atom is 0.410 e. The van der Waals surface area contributed by atoms with Crippen molar-refractivity contribution in [2.75, 3.05) is 26.7 Å². The molecule has 7 nitrogen and oxygen atoms in total. The molecule has 8 heteroatoms. The van der Waals surface area contributed by atoms with Crippen molar-refractivity contribution in [1.82, 2.24) is 19.6 Å². The molecule has 0 aliphatic carbocycles. The first-order valence-corrected chi connectivity index (χ1v) is 10.6. The average Bonchev–Trinajstić information content (AvgIpc) is 3.16. The van der Waals surface area contributed by atoms with Crippen LogP contribution in [0.2, 0.25) is 5.02 Å². The maximum atomic E-state index is 13.0. The number of carbonyl (C=O) groups is 2. The van der Waals surface area contributed by atoms with Crippen molar-refractivity contribution in [2.45, 2.75) is 39.2 Å². The molecule has 1 atom stereocenters. The third kappa shape index (κ3) is 5.75. The molecule has 0 N–H and O–H groups in total. The Kier molecular flexibility index (Phi) is 6.71. The first kappa shape index (κ1) is 22.2. The Labute approximate surface area is 182 Å². The van der Waals surface area contributed by atoms with E-state index in [0.29, 0.717) is 30.4 Å². The summed E-state index contributed by atoms with van der Waals surface area (Å²) in [5, 5.41) is 5.05. The molecule has 162 valence electrons. The number of aromatic nitrogens is 2. The van der Waals surface area contributed by atoms with Gasteiger partial charge in [-0.1, -0.05) is 17.7 Å². The molecule has 1 aliphatic rings. The van der Waals surface area contributed by atoms with Crippen molar-refractivity contribution < 1.29 is 14.3 Å². The van der Waals surface area contributed by atoms with E-state index in [1.165, 1.54) is 0 Å². The highest BCUT2D eigenvalue weighted by Gasteiger charge is 2.28. The van der Waals surface area contributed by atoms with E-state index >= 15 is 0 Å². The van der Waals surface area contributed by atoms with E-state index in [9.17, 15) is 9.59 Å². The summed E-state index contributed by atoms with van der Waals surface area (Å²) in [5.41, 5.74) is 0.676. The van der Waals surface area contributed by atoms with E-state index in [1.54, 1.807) is 41.0 Å². The number of likely N-dealkylation sites (tertiary alicyclic amines) is 1. The van der Waals surface area contributed by atoms with Gasteiger partial charge in [-0.25, -0.2) is 9.48 Å². The van der Waals surface area contributed by atoms with E-state index in [2.05, 4.69) is 5.10 Å². The molecule has 1 aliphatic heterocycles. The molecule has 2 heterocycles. The Bertz CT molecular complexity index is 906. The van der Waals surface area contributed by atoms with E-state index in [1.807, 2.05) is 37.8 Å². The molecule has 1 saturated heterocycles. The third-order valence-corrected chi connectivity index (χ3v) is 5.16. The summed E-state index contributed by atoms with van der Waals surface area (Å²) >= 11 is 6.05. The predicted molar refractivity (Wildman–Crippen MR) is 116 cm³/mol. The zero-order valence-electron chi connectivity index (χ0n) is 18.0. The molecule has 2 aromatic rings. The lowest BCUT2D eigenvalue weighted by Crippen LogP contribution is -2.45. The minimum Gasteiger partial charge on any atom is -0.444 e. The highest BCUT2D eigenvalue weighted by molar-refractivity contribution is 6.30. The minimum absolute atomic E-state index is 0.0969. The van der Waals surface area contributed by atoms with Crippen LogP contribution in [0.25, 0.3) is 5.69 Å². The summed E-state index contributed by atoms with van der Waals surface area (Å²) in [6.45, 7) is 7.38. The van der Waals surface area contributed by atoms with Gasteiger partial charge in [0.2, 0.25) is 0 Å². The molecule has 1 aromatic heterocycles. The molecule has 0 spiro atoms. The van der Waals surface area contributed by atoms with Crippen molar-refractivity contribution in [3.63, 3.8) is 0 Å². The van der Waals surface area contributed by atoms with Gasteiger partial charge in [-0.05, 0) is 63.8 Å². The van der Waals surface area contributed by atoms with Gasteiger partial charge in [0.15, 0.2) is 5.69 Å². The predicted octanol–water partition coefficient (Wildman–Crippen LogP) is 4.24. The molecular formula is C22H29ClN4O3. The summed E-state index contributed by atoms with van der Waals surface area (Å²) in [5.74, 6) is 0.107. The molecule has 0 radical (unpaired) electrons. The number of nitrogens with zero attached hydrogens (tertiary/aromatic N) is 4. The van der Waals surface area contributed by atoms with Crippen molar-refractivity contribution in [3.05, 3.63) is 47.2 Å². The Morgan fingerprint density at radius 2 is 2.07 bits per heavy atom. The van der Waals surface area contributed by atoms with E-state index in [4.69, 9.17) is 16.3 Å². The fraction of sp³-hybridized carbons (Fsp3) is 0.500. The van der Waals surface area contributed by atoms with Gasteiger partial charge in [0.1, 0.15) is 5.60 Å². The van der Waals surface area contributed by atoms with E-state index < -0.39 is 5.60 Å². The second-order valence-corrected chi connectivity index (χ2v) is 9.18. The van der Waals surface area contributed by atoms with E-state index in [0.717, 1.165) is 18.5 Å². The Morgan fingerprint density at radius 1 is 1.30 bits per heavy atom. The molecule has 2 amide bonds. The smallest absolute Gasteiger partial charge is 0.410 e. The second-order valence-electron chi connectivity index (χ2n) is 8.75. The van der Waals surface area contributed by atoms with Gasteiger partial charge in [0.05, 0.1) is 5.69 Å². The van der Waals surface area contributed by atoms with Gasteiger partial charge in [0.25, 0.3) is 5.91 Å². The molecule has 0 saturated carbocycles. The Hall–Kier alpha value is -2.54. The summed E-state index contributed by atoms with van der Waals surface area (Å²) in [4.78, 5) is 28.6. The summed E-state index contributed by atoms with van der Waals surface area (Å²) in [6.07, 6.45) is 3.28. The average molecular weight is 433 g/mol. The monoisotopic (exact) mass is 432 g/mol. The van der Waals surface area contributed by atoms with Crippen LogP contribution in [0.15, 0.2) is 36.5 Å². The zero-order valence-corrected chi connectivity index (χ0v) is 18.7. The van der Waals surface area contributed by atoms with Crippen molar-refractivity contribution in [3.8, 4) is 5.69 Å². The number of rotatable bonds is 4. The fourth-order valence-electron chi connectivity index (χ4n) is 3.56. The fourth-order valence-corrected chi connectivity index (χ4v) is 3.75. The highest BCUT2D eigenvalue weighted by atomic mass is 35.5. The van der Waals surface area contributed by atoms with Crippen LogP contribution >= 0.6 is 11.6 Å². The Morgan fingerprint density at radius 3 is 2.77 bits per heavy atom. The van der Waals surface area contributed by atoms with Crippen LogP contribution in [0, 0.1) is 5.92 Å². The summed E-state index contributed by atoms with van der Waals surface area (Å²) in [6, 6.07) is 9.04. The van der Waals surface area contributed by atoms with Gasteiger partial charge in [-0.3, -0.25) is 4.79 Å². The first-order valence-electron chi connectivity index (χ1n) is 10.2. The van der Waals surface area contributed by atoms with Gasteiger partial charge >= 0.3 is 6.09 Å². The largest absolute Gasteiger partial charge is 0.444 e. The normalized spacial score (nSPS) is 17.0. The molecule has 3 rings (SSSR count). The number of benzene rings is 1. The zero-order chi connectivity index (χ0) is 21.9. The summed E-state index contributed by atoms with van der Waals surface area (Å²) in [7, 11) is 1.74. The van der Waals surface area contributed by atoms with Crippen LogP contribution in [-0.4, -0.2) is 63.9 Å². The van der Waals surface area contributed by atoms with Crippen LogP contribution in [-0.2, 0) is 4.74 Å². The number of piperidine rings is 1. The summed E-state index contributed by atoms with van der Waals surface area (Å²) < 4.78 is 7.07. The highest BCUT2D eigenvalue weighted by Crippen LogP contribution is 2.21. The molecular weight excluding hydrogens is 404 g/mol. The third-order valence-electron chi connectivity index (χ3n) is 4.92. The van der Waals surface area contributed by atoms with Crippen LogP contribution in [0.3, 0.4) is 0 Å². The number of halogens is 1. The standard InChI is InChI=1S/C22H29ClN4O3/c1-22(2,3)30-21(29)25(4)14-16-7-6-11-26(15-16)20(28)19-10-12-27(24-19)18-9-5-8-17(23)13-18/h5,8-10,12-13,16H,6-7,11,14-15H2,1-4H3. The van der Waals surface area contributed by atoms with Crippen molar-refractivity contribution in [1.29, 1.82) is 0 Å². The molecule has 0 bridgehead atoms. The van der Waals surface area contributed by atoms with Crippen LogP contribution in [0.1, 0.15) is 44.1 Å². The van der Waals surface area contributed by atoms with Crippen molar-refractivity contribution in [2.24, 2.45) is 5.92 Å². The minimum atomic E-state index is -0.526. The van der Waals surface area contributed by atoms with E-state index in [-0.39, 0.29) is 17.9 Å². The second kappa shape index (κ2) is 9.08. The van der Waals surface area contributed by atoms with Crippen LogP contribution in [0.4, 0.5) is 4.79 Å². The number of amides is 2. The first-order chi connectivity index (χ1) is 14.1. The topological polar surface area (TPSA) is 67.7 Å². The molecule has 1 fully saturated rings. The van der Waals surface area contributed by atoms with Gasteiger partial charge < -0.3 is 14.5 Å². The van der Waals surface area contributed by atoms with Crippen LogP contribution in [0.5, 0.6) is 0 Å². The van der Waals surface area contributed by atoms with Gasteiger partial charge in [-0.15, -0.1) is 0 Å². The molecule has 1 aromatic carbocycles. The van der Waals surface area contributed by atoms with Gasteiger partial charge in [0, 0.05) is 37.9 Å². The maximum absolute atomic E-state index is 13.0. The lowest BCUT2D eigenvalue weighted by atomic mass is 9.97. The van der Waals surface area contributed by atoms with Crippen molar-refractivity contribution >= 4 is 23.6 Å². The SMILES string of the molecule is CN(CC1CCCN(C(=O)c2ccn(-c3cccc(Cl)c3)n2)C1)C(=O)OC(C)(C)C. The Balaban J connectivity index is 1.61. The number of hydrogen-bond donors (Lipinski definition) is 0. The number of carbonyl (C=O) groups excluding carboxylic acids is 2. The molecule has 30 heavy (non-hydrogen) atoms. The number of hydrogen-bond acceptors (Lipinski definition) is 4. The quantitative estimate of drug-likeness (QED) is 0.724. The lowest BCUT2D eigenvalue weighted by Gasteiger charge is -2.34. The lowest BCUT2D eigenvalue weighted by molar-refractivity contribution is 0.0244. The molecule has 1 unspecified atom stereocenters. The number of ether oxygens (including phenoxy) is 1. The van der Waals surface area contributed by atoms with Gasteiger partial charge in [-0.2, -0.15) is 5.10 Å². The van der Waals surface area contributed by atoms with Crippen LogP contribution < -0.4 is 0 Å².